The average Bonchev–Trinajstić information content (AvgIpc) is 2.62. The van der Waals surface area contributed by atoms with E-state index in [9.17, 15) is 9.90 Å². The fourth-order valence-electron chi connectivity index (χ4n) is 2.88. The molecule has 16 heavy (non-hydrogen) atoms. The van der Waals surface area contributed by atoms with E-state index in [0.29, 0.717) is 12.0 Å². The summed E-state index contributed by atoms with van der Waals surface area (Å²) in [6.45, 7) is 1.10. The van der Waals surface area contributed by atoms with E-state index in [4.69, 9.17) is 0 Å². The van der Waals surface area contributed by atoms with Gasteiger partial charge in [-0.1, -0.05) is 12.8 Å². The minimum Gasteiger partial charge on any atom is -0.396 e. The van der Waals surface area contributed by atoms with Crippen molar-refractivity contribution in [3.8, 4) is 0 Å². The molecule has 1 amide bonds. The lowest BCUT2D eigenvalue weighted by molar-refractivity contribution is -0.128. The van der Waals surface area contributed by atoms with E-state index in [0.717, 1.165) is 25.8 Å². The van der Waals surface area contributed by atoms with E-state index in [1.165, 1.54) is 12.8 Å². The molecule has 2 fully saturated rings. The Hall–Kier alpha value is -0.610. The number of nitrogens with one attached hydrogen (secondary N) is 1. The Morgan fingerprint density at radius 1 is 1.38 bits per heavy atom. The van der Waals surface area contributed by atoms with Gasteiger partial charge in [-0.3, -0.25) is 4.79 Å². The molecule has 0 aromatic rings. The summed E-state index contributed by atoms with van der Waals surface area (Å²) in [4.78, 5) is 13.6. The molecule has 1 aliphatic carbocycles. The summed E-state index contributed by atoms with van der Waals surface area (Å²) in [5.74, 6) is 0.551. The molecule has 1 saturated heterocycles. The molecule has 0 bridgehead atoms. The summed E-state index contributed by atoms with van der Waals surface area (Å²) in [5, 5.41) is 12.8. The monoisotopic (exact) mass is 226 g/mol. The van der Waals surface area contributed by atoms with Crippen molar-refractivity contribution >= 4 is 5.91 Å². The van der Waals surface area contributed by atoms with E-state index >= 15 is 0 Å². The molecule has 2 aliphatic rings. The highest BCUT2D eigenvalue weighted by Crippen LogP contribution is 2.25. The number of carbonyl (C=O) groups excluding carboxylic acids is 1. The van der Waals surface area contributed by atoms with Crippen molar-refractivity contribution in [2.24, 2.45) is 5.92 Å². The lowest BCUT2D eigenvalue weighted by Gasteiger charge is -2.32. The molecule has 2 N–H and O–H groups in total. The number of likely N-dealkylation sites (tertiary alicyclic amines) is 1. The zero-order valence-corrected chi connectivity index (χ0v) is 9.98. The van der Waals surface area contributed by atoms with Gasteiger partial charge in [0, 0.05) is 26.2 Å². The number of likely N-dealkylation sites (N-methyl/N-ethyl adjacent to an activating group) is 1. The van der Waals surface area contributed by atoms with Crippen LogP contribution >= 0.6 is 0 Å². The third-order valence-electron chi connectivity index (χ3n) is 3.99. The van der Waals surface area contributed by atoms with Crippen LogP contribution in [0.1, 0.15) is 32.1 Å². The van der Waals surface area contributed by atoms with Gasteiger partial charge < -0.3 is 15.3 Å². The van der Waals surface area contributed by atoms with Crippen LogP contribution in [0.15, 0.2) is 0 Å². The lowest BCUT2D eigenvalue weighted by Crippen LogP contribution is -2.48. The van der Waals surface area contributed by atoms with Gasteiger partial charge in [0.1, 0.15) is 0 Å². The zero-order chi connectivity index (χ0) is 11.5. The highest BCUT2D eigenvalue weighted by Gasteiger charge is 2.33. The number of nitrogens with zero attached hydrogens (tertiary/aromatic N) is 1. The largest absolute Gasteiger partial charge is 0.396 e. The summed E-state index contributed by atoms with van der Waals surface area (Å²) in [6, 6.07) is 0.321. The van der Waals surface area contributed by atoms with Crippen molar-refractivity contribution in [2.45, 2.75) is 44.2 Å². The Labute approximate surface area is 97.0 Å². The quantitative estimate of drug-likeness (QED) is 0.730. The first kappa shape index (κ1) is 11.9. The number of amides is 1. The van der Waals surface area contributed by atoms with Gasteiger partial charge in [0.25, 0.3) is 0 Å². The predicted molar refractivity (Wildman–Crippen MR) is 62.0 cm³/mol. The van der Waals surface area contributed by atoms with Crippen LogP contribution in [-0.4, -0.2) is 48.2 Å². The number of rotatable bonds is 3. The van der Waals surface area contributed by atoms with Crippen molar-refractivity contribution in [2.75, 3.05) is 20.2 Å². The van der Waals surface area contributed by atoms with Gasteiger partial charge >= 0.3 is 0 Å². The third-order valence-corrected chi connectivity index (χ3v) is 3.99. The van der Waals surface area contributed by atoms with E-state index in [-0.39, 0.29) is 18.6 Å². The van der Waals surface area contributed by atoms with Crippen molar-refractivity contribution in [3.63, 3.8) is 0 Å². The SMILES string of the molecule is CN1CCC(NC2CCCCC2CO)C1=O. The molecule has 0 aromatic heterocycles. The maximum Gasteiger partial charge on any atom is 0.239 e. The highest BCUT2D eigenvalue weighted by atomic mass is 16.3. The van der Waals surface area contributed by atoms with Crippen LogP contribution in [-0.2, 0) is 4.79 Å². The summed E-state index contributed by atoms with van der Waals surface area (Å²) in [6.07, 6.45) is 5.51. The molecule has 0 aromatic carbocycles. The first-order valence-corrected chi connectivity index (χ1v) is 6.34. The molecule has 92 valence electrons. The molecule has 2 rings (SSSR count). The number of aliphatic hydroxyl groups excluding tert-OH is 1. The number of hydrogen-bond donors (Lipinski definition) is 2. The van der Waals surface area contributed by atoms with Crippen LogP contribution in [0.25, 0.3) is 0 Å². The van der Waals surface area contributed by atoms with E-state index in [1.807, 2.05) is 7.05 Å². The second-order valence-electron chi connectivity index (χ2n) is 5.10. The summed E-state index contributed by atoms with van der Waals surface area (Å²) < 4.78 is 0. The topological polar surface area (TPSA) is 52.6 Å². The van der Waals surface area contributed by atoms with Gasteiger partial charge in [0.15, 0.2) is 0 Å². The van der Waals surface area contributed by atoms with Gasteiger partial charge in [0.05, 0.1) is 6.04 Å². The van der Waals surface area contributed by atoms with Gasteiger partial charge in [-0.05, 0) is 25.2 Å². The van der Waals surface area contributed by atoms with Gasteiger partial charge in [-0.15, -0.1) is 0 Å². The molecule has 1 heterocycles. The molecular formula is C12H22N2O2. The Balaban J connectivity index is 1.90. The Bertz CT molecular complexity index is 257. The van der Waals surface area contributed by atoms with Crippen LogP contribution < -0.4 is 5.32 Å². The molecule has 4 nitrogen and oxygen atoms in total. The van der Waals surface area contributed by atoms with Gasteiger partial charge in [-0.2, -0.15) is 0 Å². The number of carbonyl (C=O) groups is 1. The average molecular weight is 226 g/mol. The Morgan fingerprint density at radius 2 is 2.12 bits per heavy atom. The second-order valence-corrected chi connectivity index (χ2v) is 5.10. The van der Waals surface area contributed by atoms with Crippen LogP contribution in [0.5, 0.6) is 0 Å². The Kier molecular flexibility index (Phi) is 3.82. The minimum absolute atomic E-state index is 0.0119. The molecule has 3 atom stereocenters. The summed E-state index contributed by atoms with van der Waals surface area (Å²) in [7, 11) is 1.86. The normalized spacial score (nSPS) is 35.8. The van der Waals surface area contributed by atoms with Crippen LogP contribution in [0.4, 0.5) is 0 Å². The molecule has 0 radical (unpaired) electrons. The molecule has 1 aliphatic heterocycles. The number of hydrogen-bond acceptors (Lipinski definition) is 3. The number of aliphatic hydroxyl groups is 1. The first-order chi connectivity index (χ1) is 7.72. The zero-order valence-electron chi connectivity index (χ0n) is 9.98. The first-order valence-electron chi connectivity index (χ1n) is 6.34. The predicted octanol–water partition coefficient (Wildman–Crippen LogP) is 0.358. The van der Waals surface area contributed by atoms with Crippen molar-refractivity contribution in [1.29, 1.82) is 0 Å². The fraction of sp³-hybridized carbons (Fsp3) is 0.917. The van der Waals surface area contributed by atoms with Crippen LogP contribution in [0, 0.1) is 5.92 Å². The highest BCUT2D eigenvalue weighted by molar-refractivity contribution is 5.83. The second kappa shape index (κ2) is 5.15. The molecular weight excluding hydrogens is 204 g/mol. The van der Waals surface area contributed by atoms with Crippen LogP contribution in [0.2, 0.25) is 0 Å². The van der Waals surface area contributed by atoms with Gasteiger partial charge in [-0.25, -0.2) is 0 Å². The summed E-state index contributed by atoms with van der Waals surface area (Å²) >= 11 is 0. The van der Waals surface area contributed by atoms with E-state index < -0.39 is 0 Å². The Morgan fingerprint density at radius 3 is 2.75 bits per heavy atom. The smallest absolute Gasteiger partial charge is 0.239 e. The lowest BCUT2D eigenvalue weighted by atomic mass is 9.84. The fourth-order valence-corrected chi connectivity index (χ4v) is 2.88. The molecule has 1 saturated carbocycles. The van der Waals surface area contributed by atoms with Crippen molar-refractivity contribution in [3.05, 3.63) is 0 Å². The maximum atomic E-state index is 11.8. The summed E-state index contributed by atoms with van der Waals surface area (Å²) in [5.41, 5.74) is 0. The third kappa shape index (κ3) is 2.38. The van der Waals surface area contributed by atoms with Gasteiger partial charge in [0.2, 0.25) is 5.91 Å². The van der Waals surface area contributed by atoms with Crippen LogP contribution in [0.3, 0.4) is 0 Å². The minimum atomic E-state index is -0.0119. The maximum absolute atomic E-state index is 11.8. The molecule has 3 unspecified atom stereocenters. The van der Waals surface area contributed by atoms with E-state index in [1.54, 1.807) is 4.90 Å². The standard InChI is InChI=1S/C12H22N2O2/c1-14-7-6-11(12(14)16)13-10-5-3-2-4-9(10)8-15/h9-11,13,15H,2-8H2,1H3. The molecule has 4 heteroatoms. The molecule has 0 spiro atoms. The van der Waals surface area contributed by atoms with E-state index in [2.05, 4.69) is 5.32 Å². The van der Waals surface area contributed by atoms with Crippen molar-refractivity contribution in [1.82, 2.24) is 10.2 Å². The van der Waals surface area contributed by atoms with Crippen molar-refractivity contribution < 1.29 is 9.90 Å².